The van der Waals surface area contributed by atoms with Gasteiger partial charge in [0, 0.05) is 30.8 Å². The Morgan fingerprint density at radius 2 is 2.03 bits per heavy atom. The lowest BCUT2D eigenvalue weighted by atomic mass is 9.98. The van der Waals surface area contributed by atoms with Gasteiger partial charge in [0.1, 0.15) is 22.8 Å². The maximum atomic E-state index is 13.3. The molecule has 1 fully saturated rings. The molecule has 1 saturated heterocycles. The number of aromatic amines is 2. The number of halogens is 1. The van der Waals surface area contributed by atoms with Crippen LogP contribution in [0, 0.1) is 18.7 Å². The second-order valence-corrected chi connectivity index (χ2v) is 8.64. The fourth-order valence-corrected chi connectivity index (χ4v) is 4.30. The van der Waals surface area contributed by atoms with Crippen LogP contribution in [0.3, 0.4) is 0 Å². The predicted molar refractivity (Wildman–Crippen MR) is 124 cm³/mol. The summed E-state index contributed by atoms with van der Waals surface area (Å²) in [5, 5.41) is 29.0. The van der Waals surface area contributed by atoms with E-state index in [1.165, 1.54) is 12.3 Å². The van der Waals surface area contributed by atoms with Gasteiger partial charge in [-0.25, -0.2) is 9.37 Å². The Labute approximate surface area is 190 Å². The minimum absolute atomic E-state index is 0.175. The number of H-pyrrole nitrogens is 2. The molecule has 4 aromatic rings. The van der Waals surface area contributed by atoms with Crippen LogP contribution in [-0.4, -0.2) is 55.2 Å². The lowest BCUT2D eigenvalue weighted by molar-refractivity contribution is 0.203. The SMILES string of the molecule is Cc1cc(-c2[nH]nc3c(N4CCC(CO)CC4)nc(N[C@@H](C)c4ccc(F)cn4)cc23)n[nH]1. The number of aryl methyl sites for hydroxylation is 1. The zero-order chi connectivity index (χ0) is 22.9. The number of aromatic nitrogens is 6. The standard InChI is InChI=1S/C23H27FN8O/c1-13-9-19(29-28-13)21-17-10-20(26-14(2)18-4-3-16(24)11-25-18)27-23(22(17)31-30-21)32-7-5-15(12-33)6-8-32/h3-4,9-11,14-15,33H,5-8,12H2,1-2H3,(H,26,27)(H,28,29)(H,30,31)/t14-/m0/s1. The number of hydrogen-bond donors (Lipinski definition) is 4. The molecule has 172 valence electrons. The minimum Gasteiger partial charge on any atom is -0.396 e. The highest BCUT2D eigenvalue weighted by molar-refractivity contribution is 5.99. The molecule has 1 atom stereocenters. The van der Waals surface area contributed by atoms with Crippen molar-refractivity contribution in [1.82, 2.24) is 30.4 Å². The number of nitrogens with zero attached hydrogens (tertiary/aromatic N) is 5. The van der Waals surface area contributed by atoms with Gasteiger partial charge >= 0.3 is 0 Å². The first-order valence-corrected chi connectivity index (χ1v) is 11.2. The Morgan fingerprint density at radius 1 is 1.21 bits per heavy atom. The average molecular weight is 451 g/mol. The fraction of sp³-hybridized carbons (Fsp3) is 0.391. The molecular formula is C23H27FN8O. The summed E-state index contributed by atoms with van der Waals surface area (Å²) in [5.74, 6) is 1.43. The van der Waals surface area contributed by atoms with Crippen LogP contribution in [0.1, 0.15) is 37.2 Å². The van der Waals surface area contributed by atoms with E-state index in [0.29, 0.717) is 11.7 Å². The van der Waals surface area contributed by atoms with Crippen molar-refractivity contribution in [3.8, 4) is 11.4 Å². The first-order chi connectivity index (χ1) is 16.0. The van der Waals surface area contributed by atoms with Crippen LogP contribution in [0.25, 0.3) is 22.3 Å². The van der Waals surface area contributed by atoms with E-state index in [4.69, 9.17) is 4.98 Å². The molecular weight excluding hydrogens is 423 g/mol. The molecule has 4 aromatic heterocycles. The lowest BCUT2D eigenvalue weighted by Crippen LogP contribution is -2.35. The van der Waals surface area contributed by atoms with E-state index in [9.17, 15) is 9.50 Å². The first kappa shape index (κ1) is 21.3. The van der Waals surface area contributed by atoms with Crippen LogP contribution in [0.5, 0.6) is 0 Å². The van der Waals surface area contributed by atoms with E-state index < -0.39 is 0 Å². The van der Waals surface area contributed by atoms with Crippen LogP contribution in [0.15, 0.2) is 30.5 Å². The van der Waals surface area contributed by atoms with Crippen LogP contribution in [0.2, 0.25) is 0 Å². The number of aliphatic hydroxyl groups is 1. The number of aliphatic hydroxyl groups excluding tert-OH is 1. The molecule has 1 aliphatic heterocycles. The molecule has 9 nitrogen and oxygen atoms in total. The number of anilines is 2. The van der Waals surface area contributed by atoms with Crippen molar-refractivity contribution < 1.29 is 9.50 Å². The Kier molecular flexibility index (Phi) is 5.67. The number of piperidine rings is 1. The zero-order valence-corrected chi connectivity index (χ0v) is 18.6. The minimum atomic E-state index is -0.364. The summed E-state index contributed by atoms with van der Waals surface area (Å²) in [5.41, 5.74) is 4.07. The van der Waals surface area contributed by atoms with Crippen LogP contribution < -0.4 is 10.2 Å². The van der Waals surface area contributed by atoms with Gasteiger partial charge in [-0.2, -0.15) is 10.2 Å². The first-order valence-electron chi connectivity index (χ1n) is 11.2. The third-order valence-electron chi connectivity index (χ3n) is 6.22. The van der Waals surface area contributed by atoms with E-state index in [1.54, 1.807) is 6.07 Å². The van der Waals surface area contributed by atoms with Gasteiger partial charge in [-0.05, 0) is 56.9 Å². The van der Waals surface area contributed by atoms with Gasteiger partial charge in [-0.15, -0.1) is 0 Å². The molecule has 0 aliphatic carbocycles. The molecule has 0 radical (unpaired) electrons. The molecule has 0 bridgehead atoms. The smallest absolute Gasteiger partial charge is 0.159 e. The summed E-state index contributed by atoms with van der Waals surface area (Å²) in [6.07, 6.45) is 3.03. The second kappa shape index (κ2) is 8.78. The largest absolute Gasteiger partial charge is 0.396 e. The van der Waals surface area contributed by atoms with Crippen LogP contribution in [0.4, 0.5) is 16.0 Å². The molecule has 5 rings (SSSR count). The fourth-order valence-electron chi connectivity index (χ4n) is 4.30. The molecule has 0 spiro atoms. The molecule has 10 heteroatoms. The van der Waals surface area contributed by atoms with Crippen LogP contribution >= 0.6 is 0 Å². The molecule has 1 aliphatic rings. The quantitative estimate of drug-likeness (QED) is 0.355. The Hall–Kier alpha value is -3.53. The summed E-state index contributed by atoms with van der Waals surface area (Å²) >= 11 is 0. The lowest BCUT2D eigenvalue weighted by Gasteiger charge is -2.32. The van der Waals surface area contributed by atoms with Crippen molar-refractivity contribution >= 4 is 22.5 Å². The van der Waals surface area contributed by atoms with Gasteiger partial charge in [0.2, 0.25) is 0 Å². The number of nitrogens with one attached hydrogen (secondary N) is 3. The highest BCUT2D eigenvalue weighted by Gasteiger charge is 2.24. The Morgan fingerprint density at radius 3 is 2.70 bits per heavy atom. The van der Waals surface area contributed by atoms with E-state index in [0.717, 1.165) is 65.4 Å². The monoisotopic (exact) mass is 450 g/mol. The summed E-state index contributed by atoms with van der Waals surface area (Å²) in [7, 11) is 0. The van der Waals surface area contributed by atoms with Crippen molar-refractivity contribution in [2.24, 2.45) is 5.92 Å². The molecule has 4 N–H and O–H groups in total. The Balaban J connectivity index is 1.54. The predicted octanol–water partition coefficient (Wildman–Crippen LogP) is 3.57. The molecule has 0 unspecified atom stereocenters. The summed E-state index contributed by atoms with van der Waals surface area (Å²) in [6, 6.07) is 6.83. The average Bonchev–Trinajstić information content (AvgIpc) is 3.45. The number of pyridine rings is 2. The Bertz CT molecular complexity index is 1240. The molecule has 5 heterocycles. The van der Waals surface area contributed by atoms with Gasteiger partial charge < -0.3 is 15.3 Å². The van der Waals surface area contributed by atoms with Crippen LogP contribution in [-0.2, 0) is 0 Å². The van der Waals surface area contributed by atoms with Crippen molar-refractivity contribution in [2.75, 3.05) is 29.9 Å². The maximum Gasteiger partial charge on any atom is 0.159 e. The molecule has 0 amide bonds. The van der Waals surface area contributed by atoms with Crippen molar-refractivity contribution in [3.63, 3.8) is 0 Å². The topological polar surface area (TPSA) is 119 Å². The summed E-state index contributed by atoms with van der Waals surface area (Å²) < 4.78 is 13.3. The molecule has 0 aromatic carbocycles. The molecule has 33 heavy (non-hydrogen) atoms. The second-order valence-electron chi connectivity index (χ2n) is 8.64. The van der Waals surface area contributed by atoms with E-state index >= 15 is 0 Å². The van der Waals surface area contributed by atoms with Gasteiger partial charge in [0.25, 0.3) is 0 Å². The number of fused-ring (bicyclic) bond motifs is 1. The van der Waals surface area contributed by atoms with Gasteiger partial charge in [-0.3, -0.25) is 15.2 Å². The van der Waals surface area contributed by atoms with Gasteiger partial charge in [0.05, 0.1) is 23.6 Å². The number of hydrogen-bond acceptors (Lipinski definition) is 7. The maximum absolute atomic E-state index is 13.3. The van der Waals surface area contributed by atoms with Gasteiger partial charge in [0.15, 0.2) is 5.82 Å². The zero-order valence-electron chi connectivity index (χ0n) is 18.6. The van der Waals surface area contributed by atoms with E-state index in [1.807, 2.05) is 26.0 Å². The van der Waals surface area contributed by atoms with Crippen molar-refractivity contribution in [2.45, 2.75) is 32.7 Å². The highest BCUT2D eigenvalue weighted by atomic mass is 19.1. The van der Waals surface area contributed by atoms with E-state index in [2.05, 4.69) is 35.6 Å². The third kappa shape index (κ3) is 4.25. The van der Waals surface area contributed by atoms with Crippen molar-refractivity contribution in [1.29, 1.82) is 0 Å². The highest BCUT2D eigenvalue weighted by Crippen LogP contribution is 2.35. The number of rotatable bonds is 6. The summed E-state index contributed by atoms with van der Waals surface area (Å²) in [4.78, 5) is 11.3. The third-order valence-corrected chi connectivity index (χ3v) is 6.22. The van der Waals surface area contributed by atoms with Crippen molar-refractivity contribution in [3.05, 3.63) is 47.7 Å². The van der Waals surface area contributed by atoms with Gasteiger partial charge in [-0.1, -0.05) is 0 Å². The molecule has 0 saturated carbocycles. The summed E-state index contributed by atoms with van der Waals surface area (Å²) in [6.45, 7) is 5.74. The van der Waals surface area contributed by atoms with E-state index in [-0.39, 0.29) is 18.5 Å². The normalized spacial score (nSPS) is 15.8.